The Balaban J connectivity index is 1.72. The summed E-state index contributed by atoms with van der Waals surface area (Å²) in [4.78, 5) is 13.4. The number of amides is 1. The monoisotopic (exact) mass is 502 g/mol. The molecule has 0 atom stereocenters. The summed E-state index contributed by atoms with van der Waals surface area (Å²) in [5.41, 5.74) is 0.484. The molecule has 0 aliphatic rings. The van der Waals surface area contributed by atoms with Crippen molar-refractivity contribution in [2.24, 2.45) is 0 Å². The molecule has 0 radical (unpaired) electrons. The molecule has 0 unspecified atom stereocenters. The molecule has 1 N–H and O–H groups in total. The summed E-state index contributed by atoms with van der Waals surface area (Å²) in [6.07, 6.45) is 1.40. The molecule has 8 heteroatoms. The number of benzene rings is 2. The molecule has 0 aliphatic heterocycles. The first kappa shape index (κ1) is 22.0. The maximum atomic E-state index is 12.5. The van der Waals surface area contributed by atoms with Crippen LogP contribution in [-0.4, -0.2) is 12.5 Å². The number of furan rings is 1. The molecule has 0 fully saturated rings. The molecule has 0 spiro atoms. The number of hydrogen-bond acceptors (Lipinski definition) is 5. The Morgan fingerprint density at radius 1 is 1.27 bits per heavy atom. The second-order valence-corrected chi connectivity index (χ2v) is 8.26. The van der Waals surface area contributed by atoms with Crippen LogP contribution in [0.3, 0.4) is 0 Å². The molecule has 0 bridgehead atoms. The lowest BCUT2D eigenvalue weighted by Gasteiger charge is -2.06. The van der Waals surface area contributed by atoms with Gasteiger partial charge in [-0.25, -0.2) is 0 Å². The molecule has 152 valence electrons. The van der Waals surface area contributed by atoms with Gasteiger partial charge in [0.25, 0.3) is 5.91 Å². The van der Waals surface area contributed by atoms with Crippen LogP contribution in [0.2, 0.25) is 5.02 Å². The topological polar surface area (TPSA) is 75.3 Å². The summed E-state index contributed by atoms with van der Waals surface area (Å²) in [5, 5.41) is 13.4. The Labute approximate surface area is 191 Å². The zero-order chi connectivity index (χ0) is 21.5. The molecule has 3 aromatic rings. The fourth-order valence-corrected chi connectivity index (χ4v) is 3.87. The Morgan fingerprint density at radius 3 is 2.60 bits per heavy atom. The van der Waals surface area contributed by atoms with Gasteiger partial charge in [0.1, 0.15) is 23.2 Å². The van der Waals surface area contributed by atoms with Crippen LogP contribution in [0.4, 0.5) is 5.69 Å². The number of nitriles is 1. The van der Waals surface area contributed by atoms with Crippen LogP contribution < -0.4 is 10.1 Å². The van der Waals surface area contributed by atoms with Crippen molar-refractivity contribution in [3.63, 3.8) is 0 Å². The van der Waals surface area contributed by atoms with Crippen LogP contribution in [0.15, 0.2) is 79.0 Å². The number of carbonyl (C=O) groups is 1. The average Bonchev–Trinajstić information content (AvgIpc) is 3.08. The zero-order valence-electron chi connectivity index (χ0n) is 15.8. The van der Waals surface area contributed by atoms with Crippen molar-refractivity contribution in [2.45, 2.75) is 16.9 Å². The summed E-state index contributed by atoms with van der Waals surface area (Å²) in [7, 11) is 0. The standard InChI is InChI=1S/C22H16BrClN2O3S/c1-2-28-17-7-5-16(6-8-17)26-21(27)14(13-25)11-18-12-20(23)22(29-18)30-19-9-3-15(24)4-10-19/h3-12H,2H2,1H3,(H,26,27)/b14-11-. The predicted molar refractivity (Wildman–Crippen MR) is 122 cm³/mol. The predicted octanol–water partition coefficient (Wildman–Crippen LogP) is 6.79. The van der Waals surface area contributed by atoms with E-state index in [1.54, 1.807) is 42.5 Å². The van der Waals surface area contributed by atoms with Gasteiger partial charge in [0, 0.05) is 21.7 Å². The van der Waals surface area contributed by atoms with Gasteiger partial charge in [0.2, 0.25) is 0 Å². The summed E-state index contributed by atoms with van der Waals surface area (Å²) in [5.74, 6) is 0.565. The molecule has 1 amide bonds. The van der Waals surface area contributed by atoms with Crippen LogP contribution >= 0.6 is 39.3 Å². The quantitative estimate of drug-likeness (QED) is 0.284. The van der Waals surface area contributed by atoms with E-state index < -0.39 is 5.91 Å². The fourth-order valence-electron chi connectivity index (χ4n) is 2.41. The Morgan fingerprint density at radius 2 is 1.97 bits per heavy atom. The normalized spacial score (nSPS) is 11.1. The molecule has 1 heterocycles. The summed E-state index contributed by atoms with van der Waals surface area (Å²) in [6.45, 7) is 2.45. The van der Waals surface area contributed by atoms with Gasteiger partial charge >= 0.3 is 0 Å². The van der Waals surface area contributed by atoms with Gasteiger partial charge in [0.15, 0.2) is 5.09 Å². The van der Waals surface area contributed by atoms with Gasteiger partial charge in [-0.05, 0) is 77.5 Å². The first-order valence-corrected chi connectivity index (χ1v) is 10.9. The van der Waals surface area contributed by atoms with E-state index in [1.165, 1.54) is 17.8 Å². The minimum Gasteiger partial charge on any atom is -0.494 e. The van der Waals surface area contributed by atoms with Crippen molar-refractivity contribution in [2.75, 3.05) is 11.9 Å². The second kappa shape index (κ2) is 10.4. The number of carbonyl (C=O) groups excluding carboxylic acids is 1. The number of ether oxygens (including phenoxy) is 1. The minimum atomic E-state index is -0.527. The third-order valence-electron chi connectivity index (χ3n) is 3.77. The largest absolute Gasteiger partial charge is 0.494 e. The lowest BCUT2D eigenvalue weighted by Crippen LogP contribution is -2.13. The number of nitrogens with zero attached hydrogens (tertiary/aromatic N) is 1. The van der Waals surface area contributed by atoms with Gasteiger partial charge in [-0.2, -0.15) is 5.26 Å². The SMILES string of the molecule is CCOc1ccc(NC(=O)/C(C#N)=C\c2cc(Br)c(Sc3ccc(Cl)cc3)o2)cc1. The third-order valence-corrected chi connectivity index (χ3v) is 5.87. The van der Waals surface area contributed by atoms with E-state index >= 15 is 0 Å². The van der Waals surface area contributed by atoms with Crippen LogP contribution in [-0.2, 0) is 4.79 Å². The molecule has 0 saturated carbocycles. The van der Waals surface area contributed by atoms with Crippen molar-refractivity contribution in [3.8, 4) is 11.8 Å². The second-order valence-electron chi connectivity index (χ2n) is 5.92. The average molecular weight is 504 g/mol. The Hall–Kier alpha value is -2.66. The molecule has 3 rings (SSSR count). The minimum absolute atomic E-state index is 0.0758. The van der Waals surface area contributed by atoms with Crippen molar-refractivity contribution < 1.29 is 13.9 Å². The highest BCUT2D eigenvalue weighted by Crippen LogP contribution is 2.36. The van der Waals surface area contributed by atoms with Gasteiger partial charge in [-0.3, -0.25) is 4.79 Å². The van der Waals surface area contributed by atoms with E-state index in [2.05, 4.69) is 21.2 Å². The highest BCUT2D eigenvalue weighted by atomic mass is 79.9. The maximum Gasteiger partial charge on any atom is 0.266 e. The van der Waals surface area contributed by atoms with Crippen molar-refractivity contribution >= 4 is 57.0 Å². The van der Waals surface area contributed by atoms with Gasteiger partial charge < -0.3 is 14.5 Å². The van der Waals surface area contributed by atoms with Crippen LogP contribution in [0, 0.1) is 11.3 Å². The molecule has 2 aromatic carbocycles. The van der Waals surface area contributed by atoms with Gasteiger partial charge in [-0.15, -0.1) is 0 Å². The van der Waals surface area contributed by atoms with Gasteiger partial charge in [-0.1, -0.05) is 23.4 Å². The third kappa shape index (κ3) is 5.92. The van der Waals surface area contributed by atoms with Crippen LogP contribution in [0.25, 0.3) is 6.08 Å². The smallest absolute Gasteiger partial charge is 0.266 e. The fraction of sp³-hybridized carbons (Fsp3) is 0.0909. The van der Waals surface area contributed by atoms with Crippen molar-refractivity contribution in [3.05, 3.63) is 75.4 Å². The molecule has 0 aliphatic carbocycles. The Kier molecular flexibility index (Phi) is 7.63. The first-order valence-electron chi connectivity index (χ1n) is 8.87. The summed E-state index contributed by atoms with van der Waals surface area (Å²) < 4.78 is 11.9. The van der Waals surface area contributed by atoms with E-state index in [9.17, 15) is 10.1 Å². The number of anilines is 1. The lowest BCUT2D eigenvalue weighted by molar-refractivity contribution is -0.112. The van der Waals surface area contributed by atoms with Crippen molar-refractivity contribution in [1.29, 1.82) is 5.26 Å². The van der Waals surface area contributed by atoms with Crippen LogP contribution in [0.5, 0.6) is 5.75 Å². The maximum absolute atomic E-state index is 12.5. The number of nitrogens with one attached hydrogen (secondary N) is 1. The molecule has 0 saturated heterocycles. The summed E-state index contributed by atoms with van der Waals surface area (Å²) in [6, 6.07) is 17.9. The number of hydrogen-bond donors (Lipinski definition) is 1. The molecular formula is C22H16BrClN2O3S. The highest BCUT2D eigenvalue weighted by Gasteiger charge is 2.14. The van der Waals surface area contributed by atoms with E-state index in [1.807, 2.05) is 25.1 Å². The lowest BCUT2D eigenvalue weighted by atomic mass is 10.2. The Bertz CT molecular complexity index is 1100. The zero-order valence-corrected chi connectivity index (χ0v) is 19.0. The summed E-state index contributed by atoms with van der Waals surface area (Å²) >= 11 is 10.8. The van der Waals surface area contributed by atoms with E-state index in [0.717, 1.165) is 9.37 Å². The van der Waals surface area contributed by atoms with E-state index in [4.69, 9.17) is 20.8 Å². The number of rotatable bonds is 7. The first-order chi connectivity index (χ1) is 14.5. The van der Waals surface area contributed by atoms with Gasteiger partial charge in [0.05, 0.1) is 11.1 Å². The molecule has 30 heavy (non-hydrogen) atoms. The molecular weight excluding hydrogens is 488 g/mol. The molecule has 5 nitrogen and oxygen atoms in total. The highest BCUT2D eigenvalue weighted by molar-refractivity contribution is 9.10. The van der Waals surface area contributed by atoms with E-state index in [0.29, 0.717) is 33.9 Å². The number of halogens is 2. The van der Waals surface area contributed by atoms with E-state index in [-0.39, 0.29) is 5.57 Å². The van der Waals surface area contributed by atoms with Crippen molar-refractivity contribution in [1.82, 2.24) is 0 Å². The van der Waals surface area contributed by atoms with Crippen LogP contribution in [0.1, 0.15) is 12.7 Å². The molecule has 1 aromatic heterocycles.